The lowest BCUT2D eigenvalue weighted by Crippen LogP contribution is -2.60. The Bertz CT molecular complexity index is 1050. The Morgan fingerprint density at radius 3 is 2.79 bits per heavy atom. The molecule has 3 aromatic rings. The third-order valence-electron chi connectivity index (χ3n) is 6.26. The minimum absolute atomic E-state index is 0.0109. The average Bonchev–Trinajstić information content (AvgIpc) is 3.30. The van der Waals surface area contributed by atoms with Crippen molar-refractivity contribution in [2.45, 2.75) is 32.7 Å². The number of fused-ring (bicyclic) bond motifs is 1. The first kappa shape index (κ1) is 19.2. The largest absolute Gasteiger partial charge is 0.355 e. The molecule has 2 atom stereocenters. The van der Waals surface area contributed by atoms with Gasteiger partial charge in [-0.05, 0) is 36.0 Å². The molecule has 4 rings (SSSR count). The van der Waals surface area contributed by atoms with Gasteiger partial charge in [0.1, 0.15) is 0 Å². The second-order valence-electron chi connectivity index (χ2n) is 8.30. The smallest absolute Gasteiger partial charge is 0.255 e. The molecule has 0 radical (unpaired) electrons. The number of carbonyl (C=O) groups is 2. The predicted octanol–water partition coefficient (Wildman–Crippen LogP) is 1.57. The molecule has 0 spiro atoms. The minimum atomic E-state index is -0.108. The van der Waals surface area contributed by atoms with Crippen molar-refractivity contribution in [3.8, 4) is 0 Å². The maximum atomic E-state index is 12.8. The maximum Gasteiger partial charge on any atom is 0.255 e. The summed E-state index contributed by atoms with van der Waals surface area (Å²) in [5.74, 6) is 0.193. The molecule has 0 aliphatic heterocycles. The summed E-state index contributed by atoms with van der Waals surface area (Å²) in [5, 5.41) is 14.5. The van der Waals surface area contributed by atoms with E-state index in [-0.39, 0.29) is 23.3 Å². The Hall–Kier alpha value is -3.16. The van der Waals surface area contributed by atoms with Crippen LogP contribution in [0.2, 0.25) is 0 Å². The Balaban J connectivity index is 1.31. The van der Waals surface area contributed by atoms with Crippen molar-refractivity contribution in [3.63, 3.8) is 0 Å². The molecule has 0 bridgehead atoms. The molecule has 8 nitrogen and oxygen atoms in total. The first-order chi connectivity index (χ1) is 13.9. The zero-order chi connectivity index (χ0) is 20.6. The fourth-order valence-electron chi connectivity index (χ4n) is 3.99. The summed E-state index contributed by atoms with van der Waals surface area (Å²) in [5.41, 5.74) is 2.16. The third kappa shape index (κ3) is 3.62. The number of pyridine rings is 1. The van der Waals surface area contributed by atoms with Gasteiger partial charge in [-0.15, -0.1) is 0 Å². The molecule has 8 heteroatoms. The molecule has 1 aliphatic carbocycles. The van der Waals surface area contributed by atoms with Gasteiger partial charge >= 0.3 is 0 Å². The highest BCUT2D eigenvalue weighted by Gasteiger charge is 2.48. The lowest BCUT2D eigenvalue weighted by Gasteiger charge is -2.52. The molecule has 0 aromatic carbocycles. The van der Waals surface area contributed by atoms with Crippen molar-refractivity contribution in [2.75, 3.05) is 6.54 Å². The van der Waals surface area contributed by atoms with Gasteiger partial charge in [0.25, 0.3) is 5.91 Å². The van der Waals surface area contributed by atoms with E-state index < -0.39 is 0 Å². The standard InChI is InChI=1S/C21H26N6O2/c1-21(2)14(12-22-19(28)11-15-7-8-23-26(15)3)10-18(21)25-20(29)16-13-24-27-9-5-4-6-17(16)27/h4-9,13-14,18H,10-12H2,1-3H3,(H,22,28)(H,25,29). The summed E-state index contributed by atoms with van der Waals surface area (Å²) in [4.78, 5) is 25.0. The van der Waals surface area contributed by atoms with Crippen molar-refractivity contribution >= 4 is 17.3 Å². The molecular formula is C21H26N6O2. The Labute approximate surface area is 169 Å². The van der Waals surface area contributed by atoms with E-state index in [2.05, 4.69) is 34.7 Å². The van der Waals surface area contributed by atoms with E-state index in [4.69, 9.17) is 0 Å². The van der Waals surface area contributed by atoms with Crippen molar-refractivity contribution < 1.29 is 9.59 Å². The molecule has 29 heavy (non-hydrogen) atoms. The number of rotatable bonds is 6. The van der Waals surface area contributed by atoms with Crippen LogP contribution < -0.4 is 10.6 Å². The molecule has 1 saturated carbocycles. The first-order valence-electron chi connectivity index (χ1n) is 9.83. The fraction of sp³-hybridized carbons (Fsp3) is 0.429. The molecular weight excluding hydrogens is 368 g/mol. The number of carbonyl (C=O) groups excluding carboxylic acids is 2. The van der Waals surface area contributed by atoms with Gasteiger partial charge in [-0.25, -0.2) is 4.52 Å². The Morgan fingerprint density at radius 2 is 2.07 bits per heavy atom. The van der Waals surface area contributed by atoms with Gasteiger partial charge in [-0.1, -0.05) is 19.9 Å². The van der Waals surface area contributed by atoms with Gasteiger partial charge < -0.3 is 10.6 Å². The predicted molar refractivity (Wildman–Crippen MR) is 108 cm³/mol. The highest BCUT2D eigenvalue weighted by atomic mass is 16.2. The summed E-state index contributed by atoms with van der Waals surface area (Å²) in [6.07, 6.45) is 6.27. The highest BCUT2D eigenvalue weighted by molar-refractivity contribution is 6.00. The number of hydrogen-bond acceptors (Lipinski definition) is 4. The number of amides is 2. The fourth-order valence-corrected chi connectivity index (χ4v) is 3.99. The molecule has 2 amide bonds. The summed E-state index contributed by atoms with van der Waals surface area (Å²) in [6, 6.07) is 7.57. The SMILES string of the molecule is Cn1nccc1CC(=O)NCC1CC(NC(=O)c2cnn3ccccc23)C1(C)C. The van der Waals surface area contributed by atoms with Crippen molar-refractivity contribution in [3.05, 3.63) is 54.1 Å². The summed E-state index contributed by atoms with van der Waals surface area (Å²) < 4.78 is 3.40. The normalized spacial score (nSPS) is 20.2. The van der Waals surface area contributed by atoms with E-state index >= 15 is 0 Å². The zero-order valence-corrected chi connectivity index (χ0v) is 16.9. The second kappa shape index (κ2) is 7.35. The maximum absolute atomic E-state index is 12.8. The van der Waals surface area contributed by atoms with E-state index in [0.717, 1.165) is 17.6 Å². The number of aromatic nitrogens is 4. The molecule has 3 aromatic heterocycles. The minimum Gasteiger partial charge on any atom is -0.355 e. The molecule has 2 N–H and O–H groups in total. The van der Waals surface area contributed by atoms with Gasteiger partial charge in [0, 0.05) is 37.7 Å². The van der Waals surface area contributed by atoms with Crippen LogP contribution in [0.1, 0.15) is 36.3 Å². The first-order valence-corrected chi connectivity index (χ1v) is 9.83. The number of aryl methyl sites for hydroxylation is 1. The van der Waals surface area contributed by atoms with Gasteiger partial charge in [-0.2, -0.15) is 10.2 Å². The second-order valence-corrected chi connectivity index (χ2v) is 8.30. The van der Waals surface area contributed by atoms with Crippen LogP contribution in [0.3, 0.4) is 0 Å². The van der Waals surface area contributed by atoms with Crippen molar-refractivity contribution in [1.29, 1.82) is 0 Å². The number of hydrogen-bond donors (Lipinski definition) is 2. The van der Waals surface area contributed by atoms with Crippen LogP contribution in [0.25, 0.3) is 5.52 Å². The highest BCUT2D eigenvalue weighted by Crippen LogP contribution is 2.46. The van der Waals surface area contributed by atoms with E-state index in [1.165, 1.54) is 0 Å². The summed E-state index contributed by atoms with van der Waals surface area (Å²) >= 11 is 0. The third-order valence-corrected chi connectivity index (χ3v) is 6.26. The quantitative estimate of drug-likeness (QED) is 0.664. The Morgan fingerprint density at radius 1 is 1.24 bits per heavy atom. The van der Waals surface area contributed by atoms with Crippen LogP contribution in [0.15, 0.2) is 42.9 Å². The van der Waals surface area contributed by atoms with Crippen molar-refractivity contribution in [2.24, 2.45) is 18.4 Å². The summed E-state index contributed by atoms with van der Waals surface area (Å²) in [7, 11) is 1.83. The van der Waals surface area contributed by atoms with E-state index in [0.29, 0.717) is 24.4 Å². The summed E-state index contributed by atoms with van der Waals surface area (Å²) in [6.45, 7) is 4.87. The van der Waals surface area contributed by atoms with Gasteiger partial charge in [0.2, 0.25) is 5.91 Å². The van der Waals surface area contributed by atoms with Gasteiger partial charge in [0.05, 0.1) is 23.7 Å². The number of nitrogens with zero attached hydrogens (tertiary/aromatic N) is 4. The van der Waals surface area contributed by atoms with Crippen LogP contribution >= 0.6 is 0 Å². The van der Waals surface area contributed by atoms with Crippen LogP contribution in [-0.4, -0.2) is 43.8 Å². The zero-order valence-electron chi connectivity index (χ0n) is 16.9. The lowest BCUT2D eigenvalue weighted by molar-refractivity contribution is -0.121. The topological polar surface area (TPSA) is 93.3 Å². The van der Waals surface area contributed by atoms with Crippen molar-refractivity contribution in [1.82, 2.24) is 30.0 Å². The van der Waals surface area contributed by atoms with E-state index in [1.807, 2.05) is 37.5 Å². The van der Waals surface area contributed by atoms with Gasteiger partial charge in [0.15, 0.2) is 0 Å². The lowest BCUT2D eigenvalue weighted by atomic mass is 9.58. The van der Waals surface area contributed by atoms with Crippen LogP contribution in [0, 0.1) is 11.3 Å². The van der Waals surface area contributed by atoms with Crippen LogP contribution in [-0.2, 0) is 18.3 Å². The van der Waals surface area contributed by atoms with Crippen LogP contribution in [0.4, 0.5) is 0 Å². The molecule has 1 aliphatic rings. The average molecular weight is 394 g/mol. The molecule has 152 valence electrons. The molecule has 0 saturated heterocycles. The van der Waals surface area contributed by atoms with E-state index in [9.17, 15) is 9.59 Å². The molecule has 1 fully saturated rings. The van der Waals surface area contributed by atoms with Gasteiger partial charge in [-0.3, -0.25) is 14.3 Å². The van der Waals surface area contributed by atoms with Crippen LogP contribution in [0.5, 0.6) is 0 Å². The monoisotopic (exact) mass is 394 g/mol. The van der Waals surface area contributed by atoms with E-state index in [1.54, 1.807) is 21.6 Å². The molecule has 2 unspecified atom stereocenters. The number of nitrogens with one attached hydrogen (secondary N) is 2. The Kier molecular flexibility index (Phi) is 4.86. The molecule has 3 heterocycles.